The second kappa shape index (κ2) is 15.3. The number of aryl methyl sites for hydroxylation is 1. The van der Waals surface area contributed by atoms with Crippen molar-refractivity contribution in [1.29, 1.82) is 0 Å². The maximum Gasteiger partial charge on any atom is 0.418 e. The van der Waals surface area contributed by atoms with Crippen LogP contribution in [0.15, 0.2) is 83.8 Å². The van der Waals surface area contributed by atoms with Crippen LogP contribution < -0.4 is 10.1 Å². The Labute approximate surface area is 289 Å². The van der Waals surface area contributed by atoms with Gasteiger partial charge in [0.05, 0.1) is 18.3 Å². The number of aromatic nitrogens is 3. The lowest BCUT2D eigenvalue weighted by molar-refractivity contribution is -0.138. The number of aliphatic hydroxyl groups is 1. The van der Waals surface area contributed by atoms with Crippen LogP contribution >= 0.6 is 11.6 Å². The summed E-state index contributed by atoms with van der Waals surface area (Å²) in [4.78, 5) is 13.7. The molecule has 0 amide bonds. The number of aliphatic hydroxyl groups excluding tert-OH is 1. The van der Waals surface area contributed by atoms with Crippen molar-refractivity contribution in [2.45, 2.75) is 66.2 Å². The average molecular weight is 690 g/mol. The van der Waals surface area contributed by atoms with Gasteiger partial charge in [-0.1, -0.05) is 41.5 Å². The van der Waals surface area contributed by atoms with E-state index in [1.807, 2.05) is 56.3 Å². The van der Waals surface area contributed by atoms with Gasteiger partial charge in [0.25, 0.3) is 0 Å². The third-order valence-corrected chi connectivity index (χ3v) is 8.56. The summed E-state index contributed by atoms with van der Waals surface area (Å²) in [5, 5.41) is 14.7. The van der Waals surface area contributed by atoms with E-state index in [0.717, 1.165) is 22.8 Å². The van der Waals surface area contributed by atoms with Crippen molar-refractivity contribution in [3.05, 3.63) is 123 Å². The zero-order valence-corrected chi connectivity index (χ0v) is 28.8. The number of alkyl halides is 3. The maximum atomic E-state index is 14.2. The van der Waals surface area contributed by atoms with Gasteiger partial charge in [-0.15, -0.1) is 0 Å². The molecule has 256 valence electrons. The van der Waals surface area contributed by atoms with E-state index in [-0.39, 0.29) is 17.4 Å². The summed E-state index contributed by atoms with van der Waals surface area (Å²) in [5.41, 5.74) is 4.78. The van der Waals surface area contributed by atoms with E-state index < -0.39 is 17.8 Å². The number of hydrogen-bond acceptors (Lipinski definition) is 6. The fourth-order valence-electron chi connectivity index (χ4n) is 5.73. The summed E-state index contributed by atoms with van der Waals surface area (Å²) < 4.78 is 50.0. The summed E-state index contributed by atoms with van der Waals surface area (Å²) in [5.74, 6) is 1.11. The second-order valence-corrected chi connectivity index (χ2v) is 12.4. The van der Waals surface area contributed by atoms with Crippen LogP contribution in [0.2, 0.25) is 5.02 Å². The summed E-state index contributed by atoms with van der Waals surface area (Å²) in [6.07, 6.45) is 7.03. The molecule has 4 aromatic rings. The molecule has 0 radical (unpaired) electrons. The molecule has 0 bridgehead atoms. The number of aliphatic imine (C=N–C) groups is 1. The third kappa shape index (κ3) is 8.50. The number of benzene rings is 1. The molecule has 1 aliphatic heterocycles. The second-order valence-electron chi connectivity index (χ2n) is 12.0. The zero-order valence-electron chi connectivity index (χ0n) is 28.1. The molecule has 0 spiro atoms. The van der Waals surface area contributed by atoms with Gasteiger partial charge in [-0.2, -0.15) is 13.2 Å². The first-order valence-corrected chi connectivity index (χ1v) is 16.4. The minimum absolute atomic E-state index is 0.00533. The van der Waals surface area contributed by atoms with Gasteiger partial charge in [-0.05, 0) is 88.6 Å². The smallest absolute Gasteiger partial charge is 0.418 e. The third-order valence-electron chi connectivity index (χ3n) is 8.23. The molecule has 5 rings (SSSR count). The van der Waals surface area contributed by atoms with Crippen molar-refractivity contribution in [2.75, 3.05) is 11.9 Å². The van der Waals surface area contributed by atoms with Crippen LogP contribution in [0.1, 0.15) is 78.9 Å². The Bertz CT molecular complexity index is 1940. The van der Waals surface area contributed by atoms with Crippen molar-refractivity contribution >= 4 is 40.6 Å². The highest BCUT2D eigenvalue weighted by Gasteiger charge is 2.36. The van der Waals surface area contributed by atoms with Gasteiger partial charge in [0, 0.05) is 70.2 Å². The molecule has 7 nitrogen and oxygen atoms in total. The van der Waals surface area contributed by atoms with Crippen LogP contribution in [0, 0.1) is 13.8 Å². The van der Waals surface area contributed by atoms with Crippen LogP contribution in [0.5, 0.6) is 5.88 Å². The van der Waals surface area contributed by atoms with Crippen molar-refractivity contribution in [2.24, 2.45) is 4.99 Å². The highest BCUT2D eigenvalue weighted by atomic mass is 35.5. The van der Waals surface area contributed by atoms with Crippen molar-refractivity contribution in [3.63, 3.8) is 0 Å². The van der Waals surface area contributed by atoms with Gasteiger partial charge in [0.2, 0.25) is 5.88 Å². The molecule has 49 heavy (non-hydrogen) atoms. The van der Waals surface area contributed by atoms with E-state index in [2.05, 4.69) is 15.3 Å². The van der Waals surface area contributed by atoms with Gasteiger partial charge in [0.15, 0.2) is 0 Å². The Balaban J connectivity index is 1.65. The van der Waals surface area contributed by atoms with Gasteiger partial charge >= 0.3 is 6.18 Å². The number of pyridine rings is 2. The Morgan fingerprint density at radius 1 is 1.08 bits per heavy atom. The van der Waals surface area contributed by atoms with Crippen LogP contribution in [0.25, 0.3) is 17.5 Å². The first-order valence-electron chi connectivity index (χ1n) is 16.0. The molecule has 4 heterocycles. The molecule has 3 aromatic heterocycles. The number of rotatable bonds is 9. The van der Waals surface area contributed by atoms with E-state index in [0.29, 0.717) is 64.8 Å². The molecule has 1 aromatic carbocycles. The standard InChI is InChI=1S/C38H39ClF3N5O2/c1-6-7-28-9-10-30(21-34(28)39)45-35-11-8-23(2)18-32(36(46-35)47-24(3)19-33(25(47)4)38(40,41)42)29-20-31(26(5)48)37(44-22-29)49-17-14-27-12-15-43-16-13-27/h6-7,9-10,12-13,15-16,18-22,26,48H,8,11,14,17H2,1-5H3,(H,45,46). The number of ether oxygens (including phenoxy) is 1. The highest BCUT2D eigenvalue weighted by molar-refractivity contribution is 6.32. The molecule has 1 atom stereocenters. The summed E-state index contributed by atoms with van der Waals surface area (Å²) in [7, 11) is 0. The first-order chi connectivity index (χ1) is 23.3. The quantitative estimate of drug-likeness (QED) is 0.183. The van der Waals surface area contributed by atoms with Crippen LogP contribution in [0.4, 0.5) is 18.9 Å². The summed E-state index contributed by atoms with van der Waals surface area (Å²) >= 11 is 6.54. The number of hydrogen-bond donors (Lipinski definition) is 2. The summed E-state index contributed by atoms with van der Waals surface area (Å²) in [6, 6.07) is 12.3. The van der Waals surface area contributed by atoms with Gasteiger partial charge in [0.1, 0.15) is 11.7 Å². The molecule has 1 aliphatic rings. The predicted octanol–water partition coefficient (Wildman–Crippen LogP) is 9.85. The van der Waals surface area contributed by atoms with Crippen molar-refractivity contribution < 1.29 is 23.0 Å². The van der Waals surface area contributed by atoms with E-state index >= 15 is 0 Å². The number of nitrogens with zero attached hydrogens (tertiary/aromatic N) is 4. The lowest BCUT2D eigenvalue weighted by Crippen LogP contribution is -2.16. The topological polar surface area (TPSA) is 84.6 Å². The molecule has 0 aliphatic carbocycles. The van der Waals surface area contributed by atoms with Crippen LogP contribution in [0.3, 0.4) is 0 Å². The predicted molar refractivity (Wildman–Crippen MR) is 191 cm³/mol. The average Bonchev–Trinajstić information content (AvgIpc) is 3.36. The zero-order chi connectivity index (χ0) is 35.3. The molecule has 0 saturated heterocycles. The molecule has 0 saturated carbocycles. The van der Waals surface area contributed by atoms with E-state index in [4.69, 9.17) is 21.3 Å². The molecule has 11 heteroatoms. The van der Waals surface area contributed by atoms with E-state index in [9.17, 15) is 18.3 Å². The Hall–Kier alpha value is -4.67. The van der Waals surface area contributed by atoms with Crippen LogP contribution in [-0.4, -0.2) is 32.1 Å². The van der Waals surface area contributed by atoms with Gasteiger partial charge in [-0.3, -0.25) is 4.98 Å². The highest BCUT2D eigenvalue weighted by Crippen LogP contribution is 2.39. The number of anilines is 1. The molecular weight excluding hydrogens is 651 g/mol. The number of halogens is 4. The SMILES string of the molecule is CC=Cc1ccc(NC2=NC(n3c(C)cc(C(F)(F)F)c3C)=C(c3cnc(OCCc4ccncc4)c(C(C)O)c3)C=C(C)CC2)cc1Cl. The maximum absolute atomic E-state index is 14.2. The lowest BCUT2D eigenvalue weighted by Gasteiger charge is -2.22. The normalized spacial score (nSPS) is 14.7. The number of amidine groups is 1. The molecular formula is C38H39ClF3N5O2. The Morgan fingerprint density at radius 3 is 2.49 bits per heavy atom. The van der Waals surface area contributed by atoms with Crippen molar-refractivity contribution in [3.8, 4) is 5.88 Å². The van der Waals surface area contributed by atoms with E-state index in [1.165, 1.54) is 11.5 Å². The number of nitrogens with one attached hydrogen (secondary N) is 1. The Morgan fingerprint density at radius 2 is 1.84 bits per heavy atom. The fourth-order valence-corrected chi connectivity index (χ4v) is 5.97. The van der Waals surface area contributed by atoms with Gasteiger partial charge < -0.3 is 19.7 Å². The Kier molecular flexibility index (Phi) is 11.1. The molecule has 2 N–H and O–H groups in total. The minimum atomic E-state index is -4.55. The fraction of sp³-hybridized carbons (Fsp3) is 0.289. The van der Waals surface area contributed by atoms with Crippen LogP contribution in [-0.2, 0) is 12.6 Å². The first kappa shape index (κ1) is 35.6. The lowest BCUT2D eigenvalue weighted by atomic mass is 9.98. The molecule has 1 unspecified atom stereocenters. The van der Waals surface area contributed by atoms with Gasteiger partial charge in [-0.25, -0.2) is 9.98 Å². The monoisotopic (exact) mass is 689 g/mol. The van der Waals surface area contributed by atoms with Crippen molar-refractivity contribution in [1.82, 2.24) is 14.5 Å². The summed E-state index contributed by atoms with van der Waals surface area (Å²) in [6.45, 7) is 8.89. The van der Waals surface area contributed by atoms with E-state index in [1.54, 1.807) is 44.6 Å². The molecule has 0 fully saturated rings. The number of allylic oxidation sites excluding steroid dienone is 4. The minimum Gasteiger partial charge on any atom is -0.477 e. The largest absolute Gasteiger partial charge is 0.477 e.